The first-order valence-electron chi connectivity index (χ1n) is 8.80. The molecule has 0 saturated heterocycles. The number of carbonyl (C=O) groups excluding carboxylic acids is 1. The average molecular weight is 398 g/mol. The average Bonchev–Trinajstić information content (AvgIpc) is 3.23. The van der Waals surface area contributed by atoms with Crippen LogP contribution in [0.4, 0.5) is 16.5 Å². The summed E-state index contributed by atoms with van der Waals surface area (Å²) in [6.45, 7) is 3.72. The third-order valence-electron chi connectivity index (χ3n) is 4.44. The summed E-state index contributed by atoms with van der Waals surface area (Å²) in [6, 6.07) is 6.62. The number of aryl methyl sites for hydroxylation is 2. The molecule has 2 heterocycles. The van der Waals surface area contributed by atoms with Crippen LogP contribution in [0.3, 0.4) is 0 Å². The van der Waals surface area contributed by atoms with Crippen LogP contribution in [-0.2, 0) is 0 Å². The molecule has 4 rings (SSSR count). The smallest absolute Gasteiger partial charge is 0.293 e. The summed E-state index contributed by atoms with van der Waals surface area (Å²) in [5, 5.41) is 19.4. The van der Waals surface area contributed by atoms with E-state index >= 15 is 0 Å². The maximum atomic E-state index is 12.5. The van der Waals surface area contributed by atoms with E-state index in [1.807, 2.05) is 25.3 Å². The highest BCUT2D eigenvalue weighted by Gasteiger charge is 2.25. The lowest BCUT2D eigenvalue weighted by Gasteiger charge is -2.07. The van der Waals surface area contributed by atoms with Crippen LogP contribution in [0, 0.1) is 24.0 Å². The minimum atomic E-state index is -0.479. The van der Waals surface area contributed by atoms with Gasteiger partial charge in [-0.3, -0.25) is 20.2 Å². The topological polar surface area (TPSA) is 110 Å². The molecule has 144 valence electrons. The third-order valence-corrected chi connectivity index (χ3v) is 5.19. The van der Waals surface area contributed by atoms with Crippen LogP contribution in [-0.4, -0.2) is 21.9 Å². The number of anilines is 2. The van der Waals surface area contributed by atoms with Gasteiger partial charge in [0, 0.05) is 28.6 Å². The summed E-state index contributed by atoms with van der Waals surface area (Å²) >= 11 is 1.28. The van der Waals surface area contributed by atoms with Crippen LogP contribution in [0.5, 0.6) is 0 Å². The van der Waals surface area contributed by atoms with E-state index in [2.05, 4.69) is 15.6 Å². The maximum absolute atomic E-state index is 12.5. The number of nitrogens with one attached hydrogen (secondary N) is 2. The summed E-state index contributed by atoms with van der Waals surface area (Å²) < 4.78 is 5.51. The number of furan rings is 1. The predicted octanol–water partition coefficient (Wildman–Crippen LogP) is 4.75. The van der Waals surface area contributed by atoms with Gasteiger partial charge in [0.15, 0.2) is 5.13 Å². The highest BCUT2D eigenvalue weighted by Crippen LogP contribution is 2.32. The highest BCUT2D eigenvalue weighted by atomic mass is 32.1. The molecule has 1 aliphatic carbocycles. The lowest BCUT2D eigenvalue weighted by molar-refractivity contribution is -0.384. The SMILES string of the molecule is Cc1cc(-c2csc(NC(=O)c3ccc(NC4CC4)c([N+](=O)[O-])c3)n2)c(C)o1. The van der Waals surface area contributed by atoms with Gasteiger partial charge in [0.1, 0.15) is 17.2 Å². The van der Waals surface area contributed by atoms with Gasteiger partial charge in [0.2, 0.25) is 0 Å². The van der Waals surface area contributed by atoms with E-state index in [0.29, 0.717) is 16.5 Å². The number of nitro benzene ring substituents is 1. The molecule has 1 fully saturated rings. The molecule has 0 atom stereocenters. The van der Waals surface area contributed by atoms with Gasteiger partial charge in [-0.1, -0.05) is 0 Å². The van der Waals surface area contributed by atoms with Gasteiger partial charge in [-0.2, -0.15) is 0 Å². The van der Waals surface area contributed by atoms with Crippen molar-refractivity contribution in [1.29, 1.82) is 0 Å². The van der Waals surface area contributed by atoms with Gasteiger partial charge in [-0.15, -0.1) is 11.3 Å². The molecule has 0 radical (unpaired) electrons. The number of hydrogen-bond donors (Lipinski definition) is 2. The van der Waals surface area contributed by atoms with E-state index < -0.39 is 10.8 Å². The molecule has 0 spiro atoms. The van der Waals surface area contributed by atoms with E-state index in [1.165, 1.54) is 17.4 Å². The normalized spacial score (nSPS) is 13.4. The molecule has 0 aliphatic heterocycles. The standard InChI is InChI=1S/C19H18N4O4S/c1-10-7-14(11(2)27-10)16-9-28-19(21-16)22-18(24)12-3-6-15(20-13-4-5-13)17(8-12)23(25)26/h3,6-9,13,20H,4-5H2,1-2H3,(H,21,22,24). The molecule has 9 heteroatoms. The Morgan fingerprint density at radius 3 is 2.75 bits per heavy atom. The number of nitrogens with zero attached hydrogens (tertiary/aromatic N) is 2. The molecule has 0 unspecified atom stereocenters. The fourth-order valence-electron chi connectivity index (χ4n) is 2.90. The second kappa shape index (κ2) is 7.08. The van der Waals surface area contributed by atoms with Crippen molar-refractivity contribution in [3.63, 3.8) is 0 Å². The fraction of sp³-hybridized carbons (Fsp3) is 0.263. The van der Waals surface area contributed by atoms with Crippen molar-refractivity contribution in [3.8, 4) is 11.3 Å². The van der Waals surface area contributed by atoms with Gasteiger partial charge in [0.25, 0.3) is 11.6 Å². The van der Waals surface area contributed by atoms with Crippen molar-refractivity contribution < 1.29 is 14.1 Å². The first-order chi connectivity index (χ1) is 13.4. The Balaban J connectivity index is 1.53. The van der Waals surface area contributed by atoms with Crippen LogP contribution >= 0.6 is 11.3 Å². The zero-order valence-corrected chi connectivity index (χ0v) is 16.1. The number of benzene rings is 1. The van der Waals surface area contributed by atoms with E-state index in [4.69, 9.17) is 4.42 Å². The minimum Gasteiger partial charge on any atom is -0.466 e. The third kappa shape index (κ3) is 3.74. The Hall–Kier alpha value is -3.20. The van der Waals surface area contributed by atoms with E-state index in [0.717, 1.165) is 29.9 Å². The van der Waals surface area contributed by atoms with Crippen LogP contribution in [0.2, 0.25) is 0 Å². The summed E-state index contributed by atoms with van der Waals surface area (Å²) in [4.78, 5) is 27.9. The quantitative estimate of drug-likeness (QED) is 0.458. The van der Waals surface area contributed by atoms with E-state index in [1.54, 1.807) is 12.1 Å². The molecular formula is C19H18N4O4S. The monoisotopic (exact) mass is 398 g/mol. The molecule has 1 saturated carbocycles. The van der Waals surface area contributed by atoms with Gasteiger partial charge >= 0.3 is 0 Å². The first-order valence-corrected chi connectivity index (χ1v) is 9.68. The Kier molecular flexibility index (Phi) is 4.60. The molecule has 1 aromatic carbocycles. The summed E-state index contributed by atoms with van der Waals surface area (Å²) in [5.74, 6) is 1.11. The Morgan fingerprint density at radius 2 is 2.11 bits per heavy atom. The molecule has 28 heavy (non-hydrogen) atoms. The maximum Gasteiger partial charge on any atom is 0.293 e. The van der Waals surface area contributed by atoms with Crippen molar-refractivity contribution >= 4 is 33.8 Å². The minimum absolute atomic E-state index is 0.108. The summed E-state index contributed by atoms with van der Waals surface area (Å²) in [6.07, 6.45) is 2.00. The van der Waals surface area contributed by atoms with Crippen LogP contribution in [0.1, 0.15) is 34.7 Å². The molecule has 1 aliphatic rings. The molecule has 1 amide bonds. The summed E-state index contributed by atoms with van der Waals surface area (Å²) in [7, 11) is 0. The second-order valence-electron chi connectivity index (χ2n) is 6.73. The van der Waals surface area contributed by atoms with E-state index in [-0.39, 0.29) is 17.3 Å². The number of carbonyl (C=O) groups is 1. The molecule has 0 bridgehead atoms. The summed E-state index contributed by atoms with van der Waals surface area (Å²) in [5.41, 5.74) is 2.13. The van der Waals surface area contributed by atoms with Crippen LogP contribution in [0.15, 0.2) is 34.1 Å². The zero-order valence-electron chi connectivity index (χ0n) is 15.3. The van der Waals surface area contributed by atoms with Crippen molar-refractivity contribution in [1.82, 2.24) is 4.98 Å². The largest absolute Gasteiger partial charge is 0.466 e. The number of hydrogen-bond acceptors (Lipinski definition) is 7. The van der Waals surface area contributed by atoms with E-state index in [9.17, 15) is 14.9 Å². The van der Waals surface area contributed by atoms with Gasteiger partial charge < -0.3 is 9.73 Å². The number of aromatic nitrogens is 1. The number of amides is 1. The molecule has 2 N–H and O–H groups in total. The van der Waals surface area contributed by atoms with Crippen LogP contribution in [0.25, 0.3) is 11.3 Å². The first kappa shape index (κ1) is 18.2. The van der Waals surface area contributed by atoms with Crippen molar-refractivity contribution in [2.24, 2.45) is 0 Å². The van der Waals surface area contributed by atoms with Crippen molar-refractivity contribution in [2.45, 2.75) is 32.7 Å². The fourth-order valence-corrected chi connectivity index (χ4v) is 3.61. The van der Waals surface area contributed by atoms with Crippen molar-refractivity contribution in [2.75, 3.05) is 10.6 Å². The number of thiazole rings is 1. The van der Waals surface area contributed by atoms with Gasteiger partial charge in [-0.05, 0) is 44.9 Å². The number of rotatable bonds is 6. The van der Waals surface area contributed by atoms with Crippen molar-refractivity contribution in [3.05, 3.63) is 56.8 Å². The Bertz CT molecular complexity index is 1070. The molecule has 3 aromatic rings. The highest BCUT2D eigenvalue weighted by molar-refractivity contribution is 7.14. The Morgan fingerprint density at radius 1 is 1.32 bits per heavy atom. The molecule has 2 aromatic heterocycles. The lowest BCUT2D eigenvalue weighted by Crippen LogP contribution is -2.13. The molecule has 8 nitrogen and oxygen atoms in total. The van der Waals surface area contributed by atoms with Crippen LogP contribution < -0.4 is 10.6 Å². The Labute approximate surface area is 164 Å². The zero-order chi connectivity index (χ0) is 19.8. The predicted molar refractivity (Wildman–Crippen MR) is 107 cm³/mol. The van der Waals surface area contributed by atoms with Gasteiger partial charge in [0.05, 0.1) is 10.6 Å². The van der Waals surface area contributed by atoms with Gasteiger partial charge in [-0.25, -0.2) is 4.98 Å². The number of nitro groups is 1. The molecular weight excluding hydrogens is 380 g/mol. The lowest BCUT2D eigenvalue weighted by atomic mass is 10.1. The second-order valence-corrected chi connectivity index (χ2v) is 7.58.